The van der Waals surface area contributed by atoms with Crippen LogP contribution in [0.25, 0.3) is 11.3 Å². The van der Waals surface area contributed by atoms with Crippen LogP contribution in [0.3, 0.4) is 0 Å². The Hall–Kier alpha value is -3.03. The number of thiazole rings is 1. The van der Waals surface area contributed by atoms with Gasteiger partial charge in [0.2, 0.25) is 0 Å². The number of benzene rings is 1. The molecular weight excluding hydrogens is 406 g/mol. The second-order valence-electron chi connectivity index (χ2n) is 6.55. The molecule has 1 amide bonds. The summed E-state index contributed by atoms with van der Waals surface area (Å²) in [5.41, 5.74) is 5.39. The lowest BCUT2D eigenvalue weighted by Crippen LogP contribution is -2.13. The van der Waals surface area contributed by atoms with E-state index >= 15 is 0 Å². The summed E-state index contributed by atoms with van der Waals surface area (Å²) in [5.74, 6) is -0.330. The van der Waals surface area contributed by atoms with Gasteiger partial charge in [0.1, 0.15) is 5.69 Å². The minimum Gasteiger partial charge on any atom is -0.344 e. The smallest absolute Gasteiger partial charge is 0.277 e. The normalized spacial score (nSPS) is 10.9. The molecule has 4 aromatic rings. The van der Waals surface area contributed by atoms with Crippen LogP contribution in [0.4, 0.5) is 5.13 Å². The zero-order valence-electron chi connectivity index (χ0n) is 15.9. The quantitative estimate of drug-likeness (QED) is 0.491. The lowest BCUT2D eigenvalue weighted by atomic mass is 10.2. The van der Waals surface area contributed by atoms with E-state index in [1.54, 1.807) is 0 Å². The Bertz CT molecular complexity index is 1170. The number of nitrogens with one attached hydrogen (secondary N) is 1. The summed E-state index contributed by atoms with van der Waals surface area (Å²) in [4.78, 5) is 24.8. The maximum atomic E-state index is 12.3. The van der Waals surface area contributed by atoms with Crippen LogP contribution >= 0.6 is 22.9 Å². The molecule has 1 aromatic carbocycles. The number of nitrogens with zero attached hydrogens (tertiary/aromatic N) is 4. The Labute approximate surface area is 177 Å². The molecule has 29 heavy (non-hydrogen) atoms. The van der Waals surface area contributed by atoms with Crippen LogP contribution in [0.15, 0.2) is 54.3 Å². The lowest BCUT2D eigenvalue weighted by molar-refractivity contribution is 0.102. The summed E-state index contributed by atoms with van der Waals surface area (Å²) in [5, 5.41) is 5.99. The molecule has 1 N–H and O–H groups in total. The summed E-state index contributed by atoms with van der Waals surface area (Å²) in [6, 6.07) is 9.96. The van der Waals surface area contributed by atoms with Crippen molar-refractivity contribution in [3.05, 3.63) is 82.0 Å². The molecule has 4 rings (SSSR count). The summed E-state index contributed by atoms with van der Waals surface area (Å²) >= 11 is 7.71. The molecule has 8 heteroatoms. The first-order valence-corrected chi connectivity index (χ1v) is 10.2. The molecule has 0 saturated carbocycles. The van der Waals surface area contributed by atoms with Crippen molar-refractivity contribution in [1.82, 2.24) is 19.5 Å². The van der Waals surface area contributed by atoms with Crippen LogP contribution < -0.4 is 5.32 Å². The zero-order valence-corrected chi connectivity index (χ0v) is 17.5. The third-order valence-corrected chi connectivity index (χ3v) is 5.78. The van der Waals surface area contributed by atoms with Gasteiger partial charge in [-0.25, -0.2) is 9.97 Å². The molecule has 0 fully saturated rings. The van der Waals surface area contributed by atoms with Crippen LogP contribution in [0, 0.1) is 13.8 Å². The van der Waals surface area contributed by atoms with Crippen molar-refractivity contribution in [2.24, 2.45) is 0 Å². The van der Waals surface area contributed by atoms with E-state index < -0.39 is 0 Å². The maximum absolute atomic E-state index is 12.3. The zero-order chi connectivity index (χ0) is 20.4. The summed E-state index contributed by atoms with van der Waals surface area (Å²) < 4.78 is 2.22. The second-order valence-corrected chi connectivity index (χ2v) is 7.81. The summed E-state index contributed by atoms with van der Waals surface area (Å²) in [6.07, 6.45) is 4.43. The number of carbonyl (C=O) groups is 1. The molecule has 0 radical (unpaired) electrons. The molecule has 3 aromatic heterocycles. The number of aryl methyl sites for hydroxylation is 1. The highest BCUT2D eigenvalue weighted by Gasteiger charge is 2.16. The van der Waals surface area contributed by atoms with E-state index in [1.165, 1.54) is 29.9 Å². The van der Waals surface area contributed by atoms with Gasteiger partial charge in [0.05, 0.1) is 11.9 Å². The Balaban J connectivity index is 1.57. The summed E-state index contributed by atoms with van der Waals surface area (Å²) in [7, 11) is 0. The van der Waals surface area contributed by atoms with E-state index in [-0.39, 0.29) is 11.6 Å². The number of aromatic nitrogens is 4. The molecule has 0 aliphatic carbocycles. The predicted molar refractivity (Wildman–Crippen MR) is 116 cm³/mol. The van der Waals surface area contributed by atoms with Gasteiger partial charge in [-0.1, -0.05) is 29.8 Å². The molecule has 0 aliphatic heterocycles. The van der Waals surface area contributed by atoms with E-state index in [4.69, 9.17) is 11.6 Å². The van der Waals surface area contributed by atoms with Gasteiger partial charge in [-0.15, -0.1) is 11.3 Å². The van der Waals surface area contributed by atoms with Crippen molar-refractivity contribution < 1.29 is 4.79 Å². The van der Waals surface area contributed by atoms with E-state index in [9.17, 15) is 4.79 Å². The van der Waals surface area contributed by atoms with Crippen LogP contribution in [-0.4, -0.2) is 25.4 Å². The fourth-order valence-electron chi connectivity index (χ4n) is 3.13. The number of rotatable bonds is 5. The van der Waals surface area contributed by atoms with E-state index in [0.717, 1.165) is 33.2 Å². The van der Waals surface area contributed by atoms with Gasteiger partial charge in [-0.3, -0.25) is 15.1 Å². The van der Waals surface area contributed by atoms with Crippen molar-refractivity contribution in [1.29, 1.82) is 0 Å². The fraction of sp³-hybridized carbons (Fsp3) is 0.143. The topological polar surface area (TPSA) is 72.7 Å². The molecule has 0 unspecified atom stereocenters. The summed E-state index contributed by atoms with van der Waals surface area (Å²) in [6.45, 7) is 4.82. The van der Waals surface area contributed by atoms with Crippen molar-refractivity contribution in [2.75, 3.05) is 5.32 Å². The first-order chi connectivity index (χ1) is 14.0. The SMILES string of the molecule is Cc1cc(-c2csc(NC(=O)c3cnccn3)n2)c(C)n1Cc1ccccc1Cl. The predicted octanol–water partition coefficient (Wildman–Crippen LogP) is 4.97. The molecule has 0 saturated heterocycles. The average molecular weight is 424 g/mol. The molecule has 0 aliphatic rings. The first kappa shape index (κ1) is 19.3. The number of halogens is 1. The number of carbonyl (C=O) groups excluding carboxylic acids is 1. The highest BCUT2D eigenvalue weighted by atomic mass is 35.5. The molecule has 146 valence electrons. The molecule has 0 atom stereocenters. The number of hydrogen-bond acceptors (Lipinski definition) is 5. The standard InChI is InChI=1S/C21H18ClN5OS/c1-13-9-16(14(2)27(13)11-15-5-3-4-6-17(15)22)19-12-29-21(25-19)26-20(28)18-10-23-7-8-24-18/h3-10,12H,11H2,1-2H3,(H,25,26,28). The van der Waals surface area contributed by atoms with Gasteiger partial charge in [0.15, 0.2) is 5.13 Å². The Morgan fingerprint density at radius 1 is 1.24 bits per heavy atom. The fourth-order valence-corrected chi connectivity index (χ4v) is 4.03. The number of amides is 1. The van der Waals surface area contributed by atoms with E-state index in [0.29, 0.717) is 11.7 Å². The van der Waals surface area contributed by atoms with Gasteiger partial charge in [-0.2, -0.15) is 0 Å². The molecule has 0 spiro atoms. The Morgan fingerprint density at radius 2 is 2.07 bits per heavy atom. The largest absolute Gasteiger partial charge is 0.344 e. The van der Waals surface area contributed by atoms with Crippen LogP contribution in [0.1, 0.15) is 27.4 Å². The first-order valence-electron chi connectivity index (χ1n) is 8.96. The highest BCUT2D eigenvalue weighted by Crippen LogP contribution is 2.31. The average Bonchev–Trinajstić information content (AvgIpc) is 3.29. The van der Waals surface area contributed by atoms with Gasteiger partial charge >= 0.3 is 0 Å². The molecule has 6 nitrogen and oxygen atoms in total. The highest BCUT2D eigenvalue weighted by molar-refractivity contribution is 7.14. The van der Waals surface area contributed by atoms with E-state index in [1.807, 2.05) is 29.6 Å². The Morgan fingerprint density at radius 3 is 2.83 bits per heavy atom. The minimum absolute atomic E-state index is 0.252. The lowest BCUT2D eigenvalue weighted by Gasteiger charge is -2.11. The number of hydrogen-bond donors (Lipinski definition) is 1. The van der Waals surface area contributed by atoms with Crippen molar-refractivity contribution in [3.63, 3.8) is 0 Å². The van der Waals surface area contributed by atoms with Crippen LogP contribution in [0.5, 0.6) is 0 Å². The monoisotopic (exact) mass is 423 g/mol. The molecule has 3 heterocycles. The van der Waals surface area contributed by atoms with Crippen molar-refractivity contribution >= 4 is 34.0 Å². The van der Waals surface area contributed by atoms with Gasteiger partial charge < -0.3 is 4.57 Å². The molecular formula is C21H18ClN5OS. The van der Waals surface area contributed by atoms with E-state index in [2.05, 4.69) is 44.7 Å². The van der Waals surface area contributed by atoms with Crippen molar-refractivity contribution in [3.8, 4) is 11.3 Å². The van der Waals surface area contributed by atoms with Gasteiger partial charge in [0, 0.05) is 46.3 Å². The van der Waals surface area contributed by atoms with Gasteiger partial charge in [0.25, 0.3) is 5.91 Å². The third kappa shape index (κ3) is 4.06. The molecule has 0 bridgehead atoms. The number of anilines is 1. The minimum atomic E-state index is -0.330. The van der Waals surface area contributed by atoms with Crippen LogP contribution in [-0.2, 0) is 6.54 Å². The third-order valence-electron chi connectivity index (χ3n) is 4.66. The van der Waals surface area contributed by atoms with Crippen molar-refractivity contribution in [2.45, 2.75) is 20.4 Å². The second kappa shape index (κ2) is 8.14. The van der Waals surface area contributed by atoms with Gasteiger partial charge in [-0.05, 0) is 31.5 Å². The van der Waals surface area contributed by atoms with Crippen LogP contribution in [0.2, 0.25) is 5.02 Å². The maximum Gasteiger partial charge on any atom is 0.277 e. The Kier molecular flexibility index (Phi) is 5.42.